The van der Waals surface area contributed by atoms with Gasteiger partial charge in [-0.15, -0.1) is 0 Å². The highest BCUT2D eigenvalue weighted by atomic mass is 16.3. The Kier molecular flexibility index (Phi) is 3.14. The minimum absolute atomic E-state index is 0.0500. The number of benzene rings is 1. The molecule has 0 radical (unpaired) electrons. The molecule has 1 unspecified atom stereocenters. The molecule has 1 atom stereocenters. The zero-order valence-corrected chi connectivity index (χ0v) is 10.1. The predicted octanol–water partition coefficient (Wildman–Crippen LogP) is 3.34. The molecular formula is C15H16O2. The third-order valence-electron chi connectivity index (χ3n) is 3.14. The van der Waals surface area contributed by atoms with E-state index in [-0.39, 0.29) is 17.5 Å². The van der Waals surface area contributed by atoms with Crippen LogP contribution < -0.4 is 0 Å². The first-order chi connectivity index (χ1) is 8.11. The van der Waals surface area contributed by atoms with Crippen molar-refractivity contribution in [1.29, 1.82) is 0 Å². The summed E-state index contributed by atoms with van der Waals surface area (Å²) < 4.78 is 0. The predicted molar refractivity (Wildman–Crippen MR) is 68.0 cm³/mol. The summed E-state index contributed by atoms with van der Waals surface area (Å²) in [6.45, 7) is 4.02. The molecule has 17 heavy (non-hydrogen) atoms. The van der Waals surface area contributed by atoms with Crippen LogP contribution in [-0.4, -0.2) is 10.9 Å². The zero-order valence-electron chi connectivity index (χ0n) is 10.1. The number of aromatic hydroxyl groups is 1. The van der Waals surface area contributed by atoms with E-state index in [0.717, 1.165) is 17.6 Å². The molecule has 0 aliphatic heterocycles. The van der Waals surface area contributed by atoms with Crippen molar-refractivity contribution in [2.45, 2.75) is 26.2 Å². The highest BCUT2D eigenvalue weighted by Gasteiger charge is 2.27. The summed E-state index contributed by atoms with van der Waals surface area (Å²) in [7, 11) is 0. The highest BCUT2D eigenvalue weighted by Crippen LogP contribution is 2.37. The summed E-state index contributed by atoms with van der Waals surface area (Å²) in [6.07, 6.45) is 4.29. The number of carbonyl (C=O) groups excluding carboxylic acids is 1. The molecule has 1 aromatic rings. The monoisotopic (exact) mass is 228 g/mol. The Labute approximate surface area is 101 Å². The molecule has 0 amide bonds. The molecule has 0 bridgehead atoms. The fourth-order valence-electron chi connectivity index (χ4n) is 2.25. The molecule has 0 saturated heterocycles. The Morgan fingerprint density at radius 1 is 1.29 bits per heavy atom. The normalized spacial score (nSPS) is 19.5. The molecule has 0 heterocycles. The summed E-state index contributed by atoms with van der Waals surface area (Å²) >= 11 is 0. The van der Waals surface area contributed by atoms with Gasteiger partial charge in [-0.05, 0) is 32.4 Å². The van der Waals surface area contributed by atoms with Crippen LogP contribution in [0.3, 0.4) is 0 Å². The minimum atomic E-state index is -0.314. The largest absolute Gasteiger partial charge is 0.508 e. The van der Waals surface area contributed by atoms with E-state index in [2.05, 4.69) is 0 Å². The van der Waals surface area contributed by atoms with Crippen molar-refractivity contribution >= 4 is 5.78 Å². The Morgan fingerprint density at radius 3 is 2.65 bits per heavy atom. The number of para-hydroxylation sites is 1. The van der Waals surface area contributed by atoms with Gasteiger partial charge in [-0.2, -0.15) is 0 Å². The molecule has 1 aliphatic rings. The highest BCUT2D eigenvalue weighted by molar-refractivity contribution is 5.99. The van der Waals surface area contributed by atoms with Gasteiger partial charge >= 0.3 is 0 Å². The van der Waals surface area contributed by atoms with Crippen molar-refractivity contribution in [2.75, 3.05) is 0 Å². The van der Waals surface area contributed by atoms with Crippen LogP contribution in [0.5, 0.6) is 5.75 Å². The molecule has 1 N–H and O–H groups in total. The third-order valence-corrected chi connectivity index (χ3v) is 3.14. The Morgan fingerprint density at radius 2 is 2.00 bits per heavy atom. The van der Waals surface area contributed by atoms with E-state index < -0.39 is 0 Å². The van der Waals surface area contributed by atoms with Gasteiger partial charge < -0.3 is 5.11 Å². The van der Waals surface area contributed by atoms with Crippen molar-refractivity contribution in [3.8, 4) is 5.75 Å². The van der Waals surface area contributed by atoms with Crippen LogP contribution in [0.15, 0.2) is 47.6 Å². The molecule has 2 heteroatoms. The van der Waals surface area contributed by atoms with Gasteiger partial charge in [0.1, 0.15) is 5.75 Å². The van der Waals surface area contributed by atoms with Crippen LogP contribution in [0.25, 0.3) is 0 Å². The van der Waals surface area contributed by atoms with Gasteiger partial charge in [-0.25, -0.2) is 0 Å². The number of carbonyl (C=O) groups is 1. The maximum Gasteiger partial charge on any atom is 0.167 e. The van der Waals surface area contributed by atoms with Gasteiger partial charge in [0.15, 0.2) is 5.78 Å². The van der Waals surface area contributed by atoms with Crippen molar-refractivity contribution in [3.05, 3.63) is 53.1 Å². The molecular weight excluding hydrogens is 212 g/mol. The van der Waals surface area contributed by atoms with E-state index in [1.165, 1.54) is 0 Å². The third kappa shape index (κ3) is 2.16. The fraction of sp³-hybridized carbons (Fsp3) is 0.267. The van der Waals surface area contributed by atoms with Crippen molar-refractivity contribution in [3.63, 3.8) is 0 Å². The van der Waals surface area contributed by atoms with Crippen molar-refractivity contribution in [1.82, 2.24) is 0 Å². The minimum Gasteiger partial charge on any atom is -0.508 e. The first kappa shape index (κ1) is 11.6. The zero-order chi connectivity index (χ0) is 12.4. The number of hydrogen-bond donors (Lipinski definition) is 1. The number of hydrogen-bond acceptors (Lipinski definition) is 2. The molecule has 2 nitrogen and oxygen atoms in total. The second-order valence-electron chi connectivity index (χ2n) is 4.53. The van der Waals surface area contributed by atoms with Gasteiger partial charge in [0.05, 0.1) is 5.92 Å². The van der Waals surface area contributed by atoms with Gasteiger partial charge in [-0.3, -0.25) is 4.79 Å². The van der Waals surface area contributed by atoms with E-state index in [9.17, 15) is 9.90 Å². The smallest absolute Gasteiger partial charge is 0.167 e. The van der Waals surface area contributed by atoms with Gasteiger partial charge in [0, 0.05) is 5.56 Å². The Balaban J connectivity index is 2.55. The molecule has 2 rings (SSSR count). The number of ketones is 1. The summed E-state index contributed by atoms with van der Waals surface area (Å²) in [4.78, 5) is 12.0. The number of phenolic OH excluding ortho intramolecular Hbond substituents is 1. The lowest BCUT2D eigenvalue weighted by Gasteiger charge is -2.23. The van der Waals surface area contributed by atoms with Crippen molar-refractivity contribution in [2.24, 2.45) is 0 Å². The summed E-state index contributed by atoms with van der Waals surface area (Å²) in [5, 5.41) is 9.88. The maximum absolute atomic E-state index is 12.0. The van der Waals surface area contributed by atoms with Crippen LogP contribution in [0.2, 0.25) is 0 Å². The second-order valence-corrected chi connectivity index (χ2v) is 4.53. The van der Waals surface area contributed by atoms with Crippen LogP contribution in [-0.2, 0) is 4.79 Å². The Bertz CT molecular complexity index is 505. The average Bonchev–Trinajstić information content (AvgIpc) is 2.30. The maximum atomic E-state index is 12.0. The molecule has 88 valence electrons. The first-order valence-electron chi connectivity index (χ1n) is 5.75. The molecule has 1 aliphatic carbocycles. The van der Waals surface area contributed by atoms with E-state index in [1.807, 2.05) is 32.1 Å². The average molecular weight is 228 g/mol. The van der Waals surface area contributed by atoms with Crippen LogP contribution in [0, 0.1) is 0 Å². The standard InChI is InChI=1S/C15H16O2/c1-10(2)11-7-5-9-14(17)15(11)12-6-3-4-8-13(12)16/h3-6,8-9,15-16H,7H2,1-2H3. The summed E-state index contributed by atoms with van der Waals surface area (Å²) in [6, 6.07) is 7.07. The topological polar surface area (TPSA) is 37.3 Å². The molecule has 0 saturated carbocycles. The lowest BCUT2D eigenvalue weighted by molar-refractivity contribution is -0.115. The lowest BCUT2D eigenvalue weighted by Crippen LogP contribution is -2.17. The first-order valence-corrected chi connectivity index (χ1v) is 5.75. The van der Waals surface area contributed by atoms with E-state index >= 15 is 0 Å². The van der Waals surface area contributed by atoms with E-state index in [0.29, 0.717) is 5.56 Å². The van der Waals surface area contributed by atoms with E-state index in [4.69, 9.17) is 0 Å². The van der Waals surface area contributed by atoms with E-state index in [1.54, 1.807) is 18.2 Å². The quantitative estimate of drug-likeness (QED) is 0.748. The summed E-state index contributed by atoms with van der Waals surface area (Å²) in [5.41, 5.74) is 2.95. The van der Waals surface area contributed by atoms with Gasteiger partial charge in [0.25, 0.3) is 0 Å². The van der Waals surface area contributed by atoms with Crippen LogP contribution in [0.4, 0.5) is 0 Å². The second kappa shape index (κ2) is 4.58. The molecule has 1 aromatic carbocycles. The van der Waals surface area contributed by atoms with Crippen LogP contribution in [0.1, 0.15) is 31.7 Å². The number of allylic oxidation sites excluding steroid dienone is 4. The number of rotatable bonds is 1. The van der Waals surface area contributed by atoms with Crippen molar-refractivity contribution < 1.29 is 9.90 Å². The molecule has 0 spiro atoms. The Hall–Kier alpha value is -1.83. The SMILES string of the molecule is CC(C)=C1CC=CC(=O)C1c1ccccc1O. The lowest BCUT2D eigenvalue weighted by atomic mass is 9.80. The van der Waals surface area contributed by atoms with Gasteiger partial charge in [0.2, 0.25) is 0 Å². The molecule has 0 fully saturated rings. The molecule has 0 aromatic heterocycles. The van der Waals surface area contributed by atoms with Gasteiger partial charge in [-0.1, -0.05) is 35.4 Å². The summed E-state index contributed by atoms with van der Waals surface area (Å²) in [5.74, 6) is -0.0694. The van der Waals surface area contributed by atoms with Crippen LogP contribution >= 0.6 is 0 Å². The number of phenols is 1. The fourth-order valence-corrected chi connectivity index (χ4v) is 2.25.